The van der Waals surface area contributed by atoms with Gasteiger partial charge in [0.2, 0.25) is 5.88 Å². The maximum absolute atomic E-state index is 5.23. The molecular weight excluding hydrogens is 238 g/mol. The van der Waals surface area contributed by atoms with Crippen molar-refractivity contribution in [2.45, 2.75) is 38.6 Å². The van der Waals surface area contributed by atoms with Gasteiger partial charge in [-0.25, -0.2) is 4.98 Å². The molecule has 0 radical (unpaired) electrons. The molecule has 1 aliphatic rings. The van der Waals surface area contributed by atoms with Crippen LogP contribution in [0.15, 0.2) is 18.3 Å². The molecule has 1 aliphatic heterocycles. The van der Waals surface area contributed by atoms with E-state index >= 15 is 0 Å². The van der Waals surface area contributed by atoms with Crippen LogP contribution in [-0.2, 0) is 0 Å². The van der Waals surface area contributed by atoms with Crippen LogP contribution in [0.1, 0.15) is 32.6 Å². The van der Waals surface area contributed by atoms with Crippen LogP contribution >= 0.6 is 0 Å². The van der Waals surface area contributed by atoms with Gasteiger partial charge in [0.05, 0.1) is 7.11 Å². The molecule has 0 bridgehead atoms. The summed E-state index contributed by atoms with van der Waals surface area (Å²) >= 11 is 0. The zero-order chi connectivity index (χ0) is 13.5. The Bertz CT molecular complexity index is 383. The number of nitrogens with zero attached hydrogens (tertiary/aromatic N) is 2. The van der Waals surface area contributed by atoms with Crippen molar-refractivity contribution in [3.05, 3.63) is 18.3 Å². The van der Waals surface area contributed by atoms with Crippen LogP contribution in [0.5, 0.6) is 5.88 Å². The normalized spacial score (nSPS) is 19.5. The van der Waals surface area contributed by atoms with Crippen molar-refractivity contribution in [3.8, 4) is 5.88 Å². The summed E-state index contributed by atoms with van der Waals surface area (Å²) in [5, 5.41) is 3.54. The molecule has 1 aromatic rings. The molecule has 1 fully saturated rings. The minimum atomic E-state index is 0.590. The number of hydrogen-bond donors (Lipinski definition) is 1. The van der Waals surface area contributed by atoms with E-state index in [1.54, 1.807) is 7.11 Å². The summed E-state index contributed by atoms with van der Waals surface area (Å²) in [6.45, 7) is 5.51. The van der Waals surface area contributed by atoms with Crippen LogP contribution in [0.2, 0.25) is 0 Å². The van der Waals surface area contributed by atoms with Gasteiger partial charge in [0.25, 0.3) is 0 Å². The number of anilines is 1. The molecule has 4 heteroatoms. The molecule has 0 aromatic carbocycles. The lowest BCUT2D eigenvalue weighted by molar-refractivity contribution is 0.396. The highest BCUT2D eigenvalue weighted by molar-refractivity contribution is 5.49. The Balaban J connectivity index is 2.05. The van der Waals surface area contributed by atoms with Gasteiger partial charge >= 0.3 is 0 Å². The SMILES string of the molecule is CCCNCC1CCCCN1c1ccnc(OC)c1. The number of nitrogens with one attached hydrogen (secondary N) is 1. The number of aromatic nitrogens is 1. The molecule has 1 saturated heterocycles. The van der Waals surface area contributed by atoms with E-state index in [2.05, 4.69) is 28.2 Å². The molecule has 1 atom stereocenters. The molecule has 4 nitrogen and oxygen atoms in total. The van der Waals surface area contributed by atoms with Crippen molar-refractivity contribution in [2.24, 2.45) is 0 Å². The predicted octanol–water partition coefficient (Wildman–Crippen LogP) is 2.45. The standard InChI is InChI=1S/C15H25N3O/c1-3-8-16-12-14-6-4-5-10-18(14)13-7-9-17-15(11-13)19-2/h7,9,11,14,16H,3-6,8,10,12H2,1-2H3. The van der Waals surface area contributed by atoms with E-state index in [1.165, 1.54) is 31.4 Å². The summed E-state index contributed by atoms with van der Waals surface area (Å²) in [4.78, 5) is 6.69. The van der Waals surface area contributed by atoms with E-state index in [0.29, 0.717) is 11.9 Å². The number of ether oxygens (including phenoxy) is 1. The van der Waals surface area contributed by atoms with E-state index in [1.807, 2.05) is 12.3 Å². The number of hydrogen-bond acceptors (Lipinski definition) is 4. The molecule has 1 aromatic heterocycles. The Kier molecular flexibility index (Phi) is 5.45. The molecular formula is C15H25N3O. The van der Waals surface area contributed by atoms with E-state index in [9.17, 15) is 0 Å². The Morgan fingerprint density at radius 3 is 3.16 bits per heavy atom. The molecule has 106 valence electrons. The van der Waals surface area contributed by atoms with Gasteiger partial charge < -0.3 is 15.0 Å². The summed E-state index contributed by atoms with van der Waals surface area (Å²) in [6, 6.07) is 4.71. The summed E-state index contributed by atoms with van der Waals surface area (Å²) < 4.78 is 5.23. The van der Waals surface area contributed by atoms with Gasteiger partial charge in [0.15, 0.2) is 0 Å². The van der Waals surface area contributed by atoms with Crippen LogP contribution in [0, 0.1) is 0 Å². The minimum Gasteiger partial charge on any atom is -0.481 e. The number of pyridine rings is 1. The van der Waals surface area contributed by atoms with Gasteiger partial charge in [-0.2, -0.15) is 0 Å². The third kappa shape index (κ3) is 3.83. The molecule has 2 heterocycles. The van der Waals surface area contributed by atoms with Gasteiger partial charge in [0, 0.05) is 37.1 Å². The second kappa shape index (κ2) is 7.34. The van der Waals surface area contributed by atoms with Gasteiger partial charge in [-0.15, -0.1) is 0 Å². The lowest BCUT2D eigenvalue weighted by Crippen LogP contribution is -2.45. The fourth-order valence-corrected chi connectivity index (χ4v) is 2.69. The Labute approximate surface area is 116 Å². The first-order chi connectivity index (χ1) is 9.35. The molecule has 19 heavy (non-hydrogen) atoms. The van der Waals surface area contributed by atoms with Crippen LogP contribution < -0.4 is 15.0 Å². The van der Waals surface area contributed by atoms with E-state index in [0.717, 1.165) is 19.6 Å². The van der Waals surface area contributed by atoms with E-state index < -0.39 is 0 Å². The second-order valence-corrected chi connectivity index (χ2v) is 5.10. The van der Waals surface area contributed by atoms with Crippen LogP contribution in [0.3, 0.4) is 0 Å². The van der Waals surface area contributed by atoms with E-state index in [-0.39, 0.29) is 0 Å². The van der Waals surface area contributed by atoms with Crippen molar-refractivity contribution < 1.29 is 4.74 Å². The first-order valence-electron chi connectivity index (χ1n) is 7.32. The Hall–Kier alpha value is -1.29. The largest absolute Gasteiger partial charge is 0.481 e. The zero-order valence-electron chi connectivity index (χ0n) is 12.1. The Morgan fingerprint density at radius 1 is 1.47 bits per heavy atom. The first-order valence-corrected chi connectivity index (χ1v) is 7.32. The predicted molar refractivity (Wildman–Crippen MR) is 78.9 cm³/mol. The molecule has 0 amide bonds. The van der Waals surface area contributed by atoms with E-state index in [4.69, 9.17) is 4.74 Å². The molecule has 0 saturated carbocycles. The van der Waals surface area contributed by atoms with Crippen LogP contribution in [0.25, 0.3) is 0 Å². The van der Waals surface area contributed by atoms with Crippen molar-refractivity contribution in [1.82, 2.24) is 10.3 Å². The fourth-order valence-electron chi connectivity index (χ4n) is 2.69. The highest BCUT2D eigenvalue weighted by atomic mass is 16.5. The highest BCUT2D eigenvalue weighted by Gasteiger charge is 2.22. The molecule has 1 unspecified atom stereocenters. The highest BCUT2D eigenvalue weighted by Crippen LogP contribution is 2.26. The minimum absolute atomic E-state index is 0.590. The Morgan fingerprint density at radius 2 is 2.37 bits per heavy atom. The molecule has 2 rings (SSSR count). The van der Waals surface area contributed by atoms with Crippen molar-refractivity contribution in [2.75, 3.05) is 31.6 Å². The lowest BCUT2D eigenvalue weighted by Gasteiger charge is -2.37. The molecule has 1 N–H and O–H groups in total. The monoisotopic (exact) mass is 263 g/mol. The quantitative estimate of drug-likeness (QED) is 0.800. The van der Waals surface area contributed by atoms with Crippen molar-refractivity contribution in [1.29, 1.82) is 0 Å². The summed E-state index contributed by atoms with van der Waals surface area (Å²) in [5.74, 6) is 0.698. The average Bonchev–Trinajstić information content (AvgIpc) is 2.48. The zero-order valence-corrected chi connectivity index (χ0v) is 12.1. The lowest BCUT2D eigenvalue weighted by atomic mass is 10.0. The first kappa shape index (κ1) is 14.1. The van der Waals surface area contributed by atoms with Crippen LogP contribution in [-0.4, -0.2) is 37.8 Å². The molecule has 0 aliphatic carbocycles. The molecule has 0 spiro atoms. The fraction of sp³-hybridized carbons (Fsp3) is 0.667. The van der Waals surface area contributed by atoms with Crippen molar-refractivity contribution in [3.63, 3.8) is 0 Å². The summed E-state index contributed by atoms with van der Waals surface area (Å²) in [5.41, 5.74) is 1.23. The van der Waals surface area contributed by atoms with Gasteiger partial charge in [0.1, 0.15) is 0 Å². The summed E-state index contributed by atoms with van der Waals surface area (Å²) in [7, 11) is 1.67. The second-order valence-electron chi connectivity index (χ2n) is 5.10. The smallest absolute Gasteiger partial charge is 0.214 e. The maximum Gasteiger partial charge on any atom is 0.214 e. The number of methoxy groups -OCH3 is 1. The van der Waals surface area contributed by atoms with Gasteiger partial charge in [-0.1, -0.05) is 6.92 Å². The van der Waals surface area contributed by atoms with Gasteiger partial charge in [-0.3, -0.25) is 0 Å². The third-order valence-corrected chi connectivity index (χ3v) is 3.69. The third-order valence-electron chi connectivity index (χ3n) is 3.69. The van der Waals surface area contributed by atoms with Gasteiger partial charge in [-0.05, 0) is 38.3 Å². The average molecular weight is 263 g/mol. The number of piperidine rings is 1. The van der Waals surface area contributed by atoms with Crippen molar-refractivity contribution >= 4 is 5.69 Å². The number of rotatable bonds is 6. The maximum atomic E-state index is 5.23. The topological polar surface area (TPSA) is 37.4 Å². The van der Waals surface area contributed by atoms with Crippen LogP contribution in [0.4, 0.5) is 5.69 Å². The summed E-state index contributed by atoms with van der Waals surface area (Å²) in [6.07, 6.45) is 6.89.